The number of aryl methyl sites for hydroxylation is 1. The summed E-state index contributed by atoms with van der Waals surface area (Å²) in [6, 6.07) is 1.10. The van der Waals surface area contributed by atoms with Gasteiger partial charge >= 0.3 is 6.18 Å². The van der Waals surface area contributed by atoms with Crippen LogP contribution in [0.3, 0.4) is 0 Å². The summed E-state index contributed by atoms with van der Waals surface area (Å²) >= 11 is 0. The molecule has 0 saturated heterocycles. The van der Waals surface area contributed by atoms with Crippen LogP contribution >= 0.6 is 0 Å². The minimum atomic E-state index is -4.41. The quantitative estimate of drug-likeness (QED) is 0.854. The third-order valence-electron chi connectivity index (χ3n) is 3.49. The maximum absolute atomic E-state index is 12.7. The third kappa shape index (κ3) is 2.31. The number of hydrogen-bond acceptors (Lipinski definition) is 2. The van der Waals surface area contributed by atoms with Crippen molar-refractivity contribution in [1.82, 2.24) is 14.5 Å². The molecule has 0 spiro atoms. The van der Waals surface area contributed by atoms with Crippen LogP contribution in [-0.4, -0.2) is 14.5 Å². The number of alkyl halides is 3. The molecule has 3 nitrogen and oxygen atoms in total. The number of pyridine rings is 1. The monoisotopic (exact) mass is 269 g/mol. The second-order valence-electron chi connectivity index (χ2n) is 4.98. The first kappa shape index (κ1) is 12.4. The highest BCUT2D eigenvalue weighted by molar-refractivity contribution is 5.75. The molecule has 0 radical (unpaired) electrons. The molecule has 0 amide bonds. The van der Waals surface area contributed by atoms with Gasteiger partial charge in [0.25, 0.3) is 0 Å². The molecule has 19 heavy (non-hydrogen) atoms. The fraction of sp³-hybridized carbons (Fsp3) is 0.538. The molecule has 1 fully saturated rings. The van der Waals surface area contributed by atoms with Crippen molar-refractivity contribution in [3.63, 3.8) is 0 Å². The van der Waals surface area contributed by atoms with E-state index < -0.39 is 11.9 Å². The number of fused-ring (bicyclic) bond motifs is 1. The van der Waals surface area contributed by atoms with Crippen molar-refractivity contribution in [1.29, 1.82) is 0 Å². The maximum atomic E-state index is 12.7. The van der Waals surface area contributed by atoms with E-state index in [0.29, 0.717) is 23.5 Å². The third-order valence-corrected chi connectivity index (χ3v) is 3.49. The Morgan fingerprint density at radius 3 is 2.68 bits per heavy atom. The van der Waals surface area contributed by atoms with Crippen LogP contribution in [0.15, 0.2) is 12.3 Å². The van der Waals surface area contributed by atoms with Crippen LogP contribution in [0, 0.1) is 5.92 Å². The molecule has 2 aromatic rings. The van der Waals surface area contributed by atoms with E-state index in [1.807, 2.05) is 11.5 Å². The summed E-state index contributed by atoms with van der Waals surface area (Å²) in [5, 5.41) is 0. The molecule has 3 rings (SSSR count). The topological polar surface area (TPSA) is 30.7 Å². The normalized spacial score (nSPS) is 16.2. The van der Waals surface area contributed by atoms with Crippen molar-refractivity contribution in [2.75, 3.05) is 0 Å². The Hall–Kier alpha value is -1.59. The molecule has 1 aliphatic rings. The van der Waals surface area contributed by atoms with Crippen LogP contribution in [0.5, 0.6) is 0 Å². The summed E-state index contributed by atoms with van der Waals surface area (Å²) in [4.78, 5) is 7.88. The molecule has 2 heterocycles. The molecule has 0 unspecified atom stereocenters. The van der Waals surface area contributed by atoms with E-state index in [0.717, 1.165) is 18.3 Å². The fourth-order valence-corrected chi connectivity index (χ4v) is 2.32. The van der Waals surface area contributed by atoms with Gasteiger partial charge in [-0.2, -0.15) is 13.2 Å². The Morgan fingerprint density at radius 1 is 1.37 bits per heavy atom. The second-order valence-corrected chi connectivity index (χ2v) is 4.98. The van der Waals surface area contributed by atoms with Crippen molar-refractivity contribution >= 4 is 11.0 Å². The Kier molecular flexibility index (Phi) is 2.76. The van der Waals surface area contributed by atoms with Gasteiger partial charge in [0.05, 0.1) is 11.7 Å². The Bertz CT molecular complexity index is 611. The minimum absolute atomic E-state index is 0.528. The number of nitrogens with zero attached hydrogens (tertiary/aromatic N) is 3. The number of hydrogen-bond donors (Lipinski definition) is 0. The van der Waals surface area contributed by atoms with E-state index >= 15 is 0 Å². The SMILES string of the molecule is CCn1c(CC2CC2)nc2cnc(C(F)(F)F)cc21. The standard InChI is InChI=1S/C13H14F3N3/c1-2-19-10-6-11(13(14,15)16)17-7-9(10)18-12(19)5-8-3-4-8/h6-8H,2-5H2,1H3. The lowest BCUT2D eigenvalue weighted by Gasteiger charge is -2.07. The van der Waals surface area contributed by atoms with Gasteiger partial charge in [0.1, 0.15) is 17.0 Å². The van der Waals surface area contributed by atoms with E-state index in [1.54, 1.807) is 0 Å². The molecular formula is C13H14F3N3. The van der Waals surface area contributed by atoms with Gasteiger partial charge in [-0.1, -0.05) is 0 Å². The summed E-state index contributed by atoms with van der Waals surface area (Å²) < 4.78 is 39.9. The Labute approximate surface area is 108 Å². The van der Waals surface area contributed by atoms with Crippen LogP contribution in [0.2, 0.25) is 0 Å². The summed E-state index contributed by atoms with van der Waals surface area (Å²) in [6.45, 7) is 2.55. The lowest BCUT2D eigenvalue weighted by Crippen LogP contribution is -2.08. The average molecular weight is 269 g/mol. The zero-order chi connectivity index (χ0) is 13.6. The molecule has 6 heteroatoms. The summed E-state index contributed by atoms with van der Waals surface area (Å²) in [5.41, 5.74) is 0.221. The highest BCUT2D eigenvalue weighted by atomic mass is 19.4. The van der Waals surface area contributed by atoms with E-state index in [-0.39, 0.29) is 0 Å². The predicted octanol–water partition coefficient (Wildman–Crippen LogP) is 3.42. The highest BCUT2D eigenvalue weighted by Crippen LogP contribution is 2.34. The Morgan fingerprint density at radius 2 is 2.11 bits per heavy atom. The highest BCUT2D eigenvalue weighted by Gasteiger charge is 2.33. The van der Waals surface area contributed by atoms with Crippen molar-refractivity contribution in [3.8, 4) is 0 Å². The molecule has 0 bridgehead atoms. The lowest BCUT2D eigenvalue weighted by molar-refractivity contribution is -0.141. The largest absolute Gasteiger partial charge is 0.433 e. The molecule has 2 aromatic heterocycles. The van der Waals surface area contributed by atoms with Gasteiger partial charge in [-0.15, -0.1) is 0 Å². The first-order valence-corrected chi connectivity index (χ1v) is 6.41. The van der Waals surface area contributed by atoms with Gasteiger partial charge in [0.15, 0.2) is 0 Å². The summed E-state index contributed by atoms with van der Waals surface area (Å²) in [7, 11) is 0. The molecular weight excluding hydrogens is 255 g/mol. The molecule has 1 aliphatic carbocycles. The minimum Gasteiger partial charge on any atom is -0.328 e. The van der Waals surface area contributed by atoms with Crippen LogP contribution in [0.4, 0.5) is 13.2 Å². The molecule has 0 atom stereocenters. The number of halogens is 3. The molecule has 0 aliphatic heterocycles. The molecule has 102 valence electrons. The number of imidazole rings is 1. The fourth-order valence-electron chi connectivity index (χ4n) is 2.32. The van der Waals surface area contributed by atoms with Crippen LogP contribution in [-0.2, 0) is 19.1 Å². The smallest absolute Gasteiger partial charge is 0.328 e. The molecule has 1 saturated carbocycles. The predicted molar refractivity (Wildman–Crippen MR) is 64.6 cm³/mol. The van der Waals surface area contributed by atoms with Gasteiger partial charge in [-0.3, -0.25) is 0 Å². The second kappa shape index (κ2) is 4.21. The van der Waals surface area contributed by atoms with Crippen molar-refractivity contribution < 1.29 is 13.2 Å². The van der Waals surface area contributed by atoms with Gasteiger partial charge in [-0.05, 0) is 31.7 Å². The maximum Gasteiger partial charge on any atom is 0.433 e. The van der Waals surface area contributed by atoms with Crippen LogP contribution in [0.1, 0.15) is 31.3 Å². The van der Waals surface area contributed by atoms with Crippen LogP contribution in [0.25, 0.3) is 11.0 Å². The average Bonchev–Trinajstić information content (AvgIpc) is 3.07. The summed E-state index contributed by atoms with van der Waals surface area (Å²) in [6.07, 6.45) is 0.0518. The van der Waals surface area contributed by atoms with Gasteiger partial charge < -0.3 is 4.57 Å². The van der Waals surface area contributed by atoms with Gasteiger partial charge in [0, 0.05) is 13.0 Å². The van der Waals surface area contributed by atoms with Crippen molar-refractivity contribution in [2.45, 2.75) is 38.9 Å². The first-order valence-electron chi connectivity index (χ1n) is 6.41. The van der Waals surface area contributed by atoms with Gasteiger partial charge in [0.2, 0.25) is 0 Å². The summed E-state index contributed by atoms with van der Waals surface area (Å²) in [5.74, 6) is 1.53. The molecule has 0 aromatic carbocycles. The first-order chi connectivity index (χ1) is 8.99. The van der Waals surface area contributed by atoms with Crippen LogP contribution < -0.4 is 0 Å². The van der Waals surface area contributed by atoms with Crippen molar-refractivity contribution in [2.24, 2.45) is 5.92 Å². The van der Waals surface area contributed by atoms with E-state index in [9.17, 15) is 13.2 Å². The van der Waals surface area contributed by atoms with E-state index in [2.05, 4.69) is 9.97 Å². The number of rotatable bonds is 3. The zero-order valence-corrected chi connectivity index (χ0v) is 10.5. The van der Waals surface area contributed by atoms with E-state index in [1.165, 1.54) is 19.0 Å². The van der Waals surface area contributed by atoms with Crippen molar-refractivity contribution in [3.05, 3.63) is 23.8 Å². The van der Waals surface area contributed by atoms with E-state index in [4.69, 9.17) is 0 Å². The lowest BCUT2D eigenvalue weighted by atomic mass is 10.3. The Balaban J connectivity index is 2.09. The zero-order valence-electron chi connectivity index (χ0n) is 10.5. The molecule has 0 N–H and O–H groups in total. The van der Waals surface area contributed by atoms with Gasteiger partial charge in [-0.25, -0.2) is 9.97 Å². The number of aromatic nitrogens is 3.